The molecule has 106 valence electrons. The fraction of sp³-hybridized carbons (Fsp3) is 0.571. The van der Waals surface area contributed by atoms with E-state index in [1.165, 1.54) is 6.07 Å². The Labute approximate surface area is 112 Å². The van der Waals surface area contributed by atoms with Gasteiger partial charge in [0.1, 0.15) is 5.75 Å². The first-order valence-electron chi connectivity index (χ1n) is 6.43. The van der Waals surface area contributed by atoms with Crippen molar-refractivity contribution in [1.82, 2.24) is 4.90 Å². The highest BCUT2D eigenvalue weighted by atomic mass is 19.3. The number of hydrogen-bond donors (Lipinski definition) is 1. The predicted molar refractivity (Wildman–Crippen MR) is 70.5 cm³/mol. The SMILES string of the molecule is COc1ccc(C(F)F)c(C2CC(CN)CN2C)c1. The Balaban J connectivity index is 2.36. The number of nitrogens with two attached hydrogens (primary N) is 1. The number of methoxy groups -OCH3 is 1. The molecule has 1 fully saturated rings. The van der Waals surface area contributed by atoms with Crippen LogP contribution in [0.25, 0.3) is 0 Å². The van der Waals surface area contributed by atoms with Crippen molar-refractivity contribution in [2.45, 2.75) is 18.9 Å². The molecular weight excluding hydrogens is 250 g/mol. The molecule has 5 heteroatoms. The van der Waals surface area contributed by atoms with Gasteiger partial charge in [-0.05, 0) is 49.7 Å². The average Bonchev–Trinajstić information content (AvgIpc) is 2.79. The minimum absolute atomic E-state index is 0.00681. The van der Waals surface area contributed by atoms with Crippen LogP contribution < -0.4 is 10.5 Å². The first-order valence-corrected chi connectivity index (χ1v) is 6.43. The van der Waals surface area contributed by atoms with Crippen LogP contribution in [-0.4, -0.2) is 32.1 Å². The van der Waals surface area contributed by atoms with Crippen molar-refractivity contribution in [3.8, 4) is 5.75 Å². The minimum Gasteiger partial charge on any atom is -0.497 e. The van der Waals surface area contributed by atoms with E-state index >= 15 is 0 Å². The van der Waals surface area contributed by atoms with Gasteiger partial charge in [0.25, 0.3) is 6.43 Å². The largest absolute Gasteiger partial charge is 0.497 e. The number of ether oxygens (including phenoxy) is 1. The third kappa shape index (κ3) is 2.87. The van der Waals surface area contributed by atoms with Crippen molar-refractivity contribution in [2.75, 3.05) is 27.2 Å². The summed E-state index contributed by atoms with van der Waals surface area (Å²) in [6.45, 7) is 1.44. The maximum atomic E-state index is 13.1. The molecule has 1 aliphatic heterocycles. The number of alkyl halides is 2. The number of benzene rings is 1. The van der Waals surface area contributed by atoms with Gasteiger partial charge in [-0.3, -0.25) is 4.90 Å². The molecule has 2 N–H and O–H groups in total. The molecule has 1 saturated heterocycles. The van der Waals surface area contributed by atoms with Crippen LogP contribution in [0.3, 0.4) is 0 Å². The average molecular weight is 270 g/mol. The van der Waals surface area contributed by atoms with Crippen molar-refractivity contribution >= 4 is 0 Å². The molecule has 19 heavy (non-hydrogen) atoms. The van der Waals surface area contributed by atoms with Gasteiger partial charge in [0.15, 0.2) is 0 Å². The third-order valence-corrected chi connectivity index (χ3v) is 3.86. The van der Waals surface area contributed by atoms with Crippen molar-refractivity contribution in [3.05, 3.63) is 29.3 Å². The Morgan fingerprint density at radius 3 is 2.74 bits per heavy atom. The van der Waals surface area contributed by atoms with Crippen LogP contribution in [0.2, 0.25) is 0 Å². The fourth-order valence-electron chi connectivity index (χ4n) is 2.81. The normalized spacial score (nSPS) is 24.1. The lowest BCUT2D eigenvalue weighted by Gasteiger charge is -2.23. The Morgan fingerprint density at radius 2 is 2.21 bits per heavy atom. The van der Waals surface area contributed by atoms with Gasteiger partial charge < -0.3 is 10.5 Å². The zero-order valence-corrected chi connectivity index (χ0v) is 11.3. The number of likely N-dealkylation sites (tertiary alicyclic amines) is 1. The number of rotatable bonds is 4. The van der Waals surface area contributed by atoms with Gasteiger partial charge in [-0.1, -0.05) is 0 Å². The second-order valence-corrected chi connectivity index (χ2v) is 5.09. The molecule has 2 rings (SSSR count). The van der Waals surface area contributed by atoms with Crippen LogP contribution in [0.4, 0.5) is 8.78 Å². The fourth-order valence-corrected chi connectivity index (χ4v) is 2.81. The van der Waals surface area contributed by atoms with E-state index in [1.54, 1.807) is 19.2 Å². The molecule has 0 amide bonds. The summed E-state index contributed by atoms with van der Waals surface area (Å²) in [5.41, 5.74) is 6.44. The summed E-state index contributed by atoms with van der Waals surface area (Å²) in [6.07, 6.45) is -1.65. The predicted octanol–water partition coefficient (Wildman–Crippen LogP) is 2.58. The maximum absolute atomic E-state index is 13.1. The van der Waals surface area contributed by atoms with Gasteiger partial charge in [0, 0.05) is 18.2 Å². The Morgan fingerprint density at radius 1 is 1.47 bits per heavy atom. The van der Waals surface area contributed by atoms with E-state index in [0.717, 1.165) is 13.0 Å². The van der Waals surface area contributed by atoms with E-state index in [-0.39, 0.29) is 11.6 Å². The van der Waals surface area contributed by atoms with Crippen molar-refractivity contribution in [3.63, 3.8) is 0 Å². The lowest BCUT2D eigenvalue weighted by atomic mass is 9.95. The molecule has 0 radical (unpaired) electrons. The molecule has 3 nitrogen and oxygen atoms in total. The molecule has 1 aromatic carbocycles. The summed E-state index contributed by atoms with van der Waals surface area (Å²) >= 11 is 0. The van der Waals surface area contributed by atoms with Crippen molar-refractivity contribution in [2.24, 2.45) is 11.7 Å². The van der Waals surface area contributed by atoms with Gasteiger partial charge in [-0.25, -0.2) is 8.78 Å². The summed E-state index contributed by atoms with van der Waals surface area (Å²) < 4.78 is 31.4. The van der Waals surface area contributed by atoms with Gasteiger partial charge in [-0.2, -0.15) is 0 Å². The molecule has 0 aromatic heterocycles. The molecule has 2 unspecified atom stereocenters. The number of nitrogens with zero attached hydrogens (tertiary/aromatic N) is 1. The topological polar surface area (TPSA) is 38.5 Å². The number of hydrogen-bond acceptors (Lipinski definition) is 3. The first kappa shape index (κ1) is 14.2. The smallest absolute Gasteiger partial charge is 0.264 e. The minimum atomic E-state index is -2.47. The second-order valence-electron chi connectivity index (χ2n) is 5.09. The third-order valence-electron chi connectivity index (χ3n) is 3.86. The van der Waals surface area contributed by atoms with Gasteiger partial charge in [-0.15, -0.1) is 0 Å². The van der Waals surface area contributed by atoms with Crippen LogP contribution >= 0.6 is 0 Å². The second kappa shape index (κ2) is 5.84. The molecule has 1 aliphatic rings. The van der Waals surface area contributed by atoms with E-state index in [4.69, 9.17) is 10.5 Å². The lowest BCUT2D eigenvalue weighted by molar-refractivity contribution is 0.147. The van der Waals surface area contributed by atoms with E-state index < -0.39 is 6.43 Å². The van der Waals surface area contributed by atoms with Gasteiger partial charge in [0.05, 0.1) is 7.11 Å². The van der Waals surface area contributed by atoms with Gasteiger partial charge in [0.2, 0.25) is 0 Å². The quantitative estimate of drug-likeness (QED) is 0.914. The maximum Gasteiger partial charge on any atom is 0.264 e. The Hall–Kier alpha value is -1.20. The van der Waals surface area contributed by atoms with Crippen molar-refractivity contribution < 1.29 is 13.5 Å². The molecule has 1 aromatic rings. The van der Waals surface area contributed by atoms with E-state index in [9.17, 15) is 8.78 Å². The van der Waals surface area contributed by atoms with Crippen LogP contribution in [0.1, 0.15) is 30.0 Å². The standard InChI is InChI=1S/C14H20F2N2O/c1-18-8-9(7-17)5-13(18)12-6-10(19-2)3-4-11(12)14(15)16/h3-4,6,9,13-14H,5,7-8,17H2,1-2H3. The lowest BCUT2D eigenvalue weighted by Crippen LogP contribution is -2.21. The van der Waals surface area contributed by atoms with E-state index in [1.807, 2.05) is 7.05 Å². The summed E-state index contributed by atoms with van der Waals surface area (Å²) in [5.74, 6) is 0.982. The summed E-state index contributed by atoms with van der Waals surface area (Å²) in [7, 11) is 3.50. The zero-order chi connectivity index (χ0) is 14.0. The first-order chi connectivity index (χ1) is 9.06. The zero-order valence-electron chi connectivity index (χ0n) is 11.3. The number of halogens is 2. The Kier molecular flexibility index (Phi) is 4.37. The van der Waals surface area contributed by atoms with Crippen molar-refractivity contribution in [1.29, 1.82) is 0 Å². The molecule has 0 aliphatic carbocycles. The van der Waals surface area contributed by atoms with E-state index in [0.29, 0.717) is 23.8 Å². The summed E-state index contributed by atoms with van der Waals surface area (Å²) in [4.78, 5) is 2.10. The highest BCUT2D eigenvalue weighted by Gasteiger charge is 2.32. The molecule has 0 saturated carbocycles. The van der Waals surface area contributed by atoms with Crippen LogP contribution in [0, 0.1) is 5.92 Å². The van der Waals surface area contributed by atoms with E-state index in [2.05, 4.69) is 4.90 Å². The summed E-state index contributed by atoms with van der Waals surface area (Å²) in [5, 5.41) is 0. The molecule has 1 heterocycles. The molecule has 2 atom stereocenters. The van der Waals surface area contributed by atoms with Crippen LogP contribution in [0.5, 0.6) is 5.75 Å². The molecular formula is C14H20F2N2O. The summed E-state index contributed by atoms with van der Waals surface area (Å²) in [6, 6.07) is 4.76. The highest BCUT2D eigenvalue weighted by molar-refractivity contribution is 5.39. The molecule has 0 bridgehead atoms. The van der Waals surface area contributed by atoms with Gasteiger partial charge >= 0.3 is 0 Å². The monoisotopic (exact) mass is 270 g/mol. The van der Waals surface area contributed by atoms with Crippen LogP contribution in [-0.2, 0) is 0 Å². The molecule has 0 spiro atoms. The van der Waals surface area contributed by atoms with Crippen LogP contribution in [0.15, 0.2) is 18.2 Å². The Bertz CT molecular complexity index is 439. The highest BCUT2D eigenvalue weighted by Crippen LogP contribution is 2.39.